The number of rotatable bonds is 10. The second-order valence-electron chi connectivity index (χ2n) is 8.51. The van der Waals surface area contributed by atoms with Crippen molar-refractivity contribution in [3.8, 4) is 5.75 Å². The van der Waals surface area contributed by atoms with Gasteiger partial charge in [-0.3, -0.25) is 9.59 Å². The van der Waals surface area contributed by atoms with E-state index in [9.17, 15) is 9.59 Å². The van der Waals surface area contributed by atoms with Gasteiger partial charge < -0.3 is 15.0 Å². The maximum Gasteiger partial charge on any atom is 0.261 e. The summed E-state index contributed by atoms with van der Waals surface area (Å²) in [5, 5.41) is 4.89. The van der Waals surface area contributed by atoms with Crippen LogP contribution in [0.15, 0.2) is 102 Å². The topological polar surface area (TPSA) is 58.6 Å². The molecule has 184 valence electrons. The van der Waals surface area contributed by atoms with Crippen LogP contribution in [-0.2, 0) is 22.6 Å². The lowest BCUT2D eigenvalue weighted by Crippen LogP contribution is -2.51. The molecule has 0 aliphatic rings. The fraction of sp³-hybridized carbons (Fsp3) is 0.200. The molecule has 1 N–H and O–H groups in total. The molecule has 0 spiro atoms. The summed E-state index contributed by atoms with van der Waals surface area (Å²) in [6.45, 7) is 2.48. The highest BCUT2D eigenvalue weighted by Crippen LogP contribution is 2.25. The third kappa shape index (κ3) is 6.52. The van der Waals surface area contributed by atoms with Gasteiger partial charge in [0, 0.05) is 29.4 Å². The van der Waals surface area contributed by atoms with Gasteiger partial charge in [0.2, 0.25) is 5.91 Å². The van der Waals surface area contributed by atoms with Crippen molar-refractivity contribution in [2.24, 2.45) is 0 Å². The van der Waals surface area contributed by atoms with E-state index in [1.54, 1.807) is 4.90 Å². The molecule has 6 heteroatoms. The minimum atomic E-state index is -0.681. The summed E-state index contributed by atoms with van der Waals surface area (Å²) in [6, 6.07) is 30.5. The first-order chi connectivity index (χ1) is 17.5. The van der Waals surface area contributed by atoms with Crippen molar-refractivity contribution in [1.29, 1.82) is 0 Å². The Morgan fingerprint density at radius 1 is 0.861 bits per heavy atom. The van der Waals surface area contributed by atoms with Crippen LogP contribution < -0.4 is 10.1 Å². The quantitative estimate of drug-likeness (QED) is 0.276. The van der Waals surface area contributed by atoms with Gasteiger partial charge in [-0.2, -0.15) is 0 Å². The molecule has 5 nitrogen and oxygen atoms in total. The predicted octanol–water partition coefficient (Wildman–Crippen LogP) is 5.76. The van der Waals surface area contributed by atoms with Crippen LogP contribution in [-0.4, -0.2) is 35.9 Å². The maximum atomic E-state index is 13.7. The molecular formula is C30H29BrN2O3. The molecule has 1 atom stereocenters. The Kier molecular flexibility index (Phi) is 8.74. The van der Waals surface area contributed by atoms with Gasteiger partial charge in [0.05, 0.1) is 0 Å². The number of nitrogens with one attached hydrogen (secondary N) is 1. The molecule has 2 amide bonds. The third-order valence-corrected chi connectivity index (χ3v) is 6.52. The molecule has 1 unspecified atom stereocenters. The molecule has 0 bridgehead atoms. The zero-order chi connectivity index (χ0) is 25.3. The zero-order valence-electron chi connectivity index (χ0n) is 20.2. The molecule has 0 aliphatic heterocycles. The molecule has 0 saturated carbocycles. The lowest BCUT2D eigenvalue weighted by molar-refractivity contribution is -0.142. The molecule has 4 aromatic rings. The Morgan fingerprint density at radius 3 is 2.31 bits per heavy atom. The summed E-state index contributed by atoms with van der Waals surface area (Å²) in [6.07, 6.45) is 0.406. The van der Waals surface area contributed by atoms with Gasteiger partial charge in [-0.25, -0.2) is 0 Å². The smallest absolute Gasteiger partial charge is 0.261 e. The molecule has 0 fully saturated rings. The van der Waals surface area contributed by atoms with E-state index in [1.807, 2.05) is 104 Å². The van der Waals surface area contributed by atoms with Gasteiger partial charge in [0.25, 0.3) is 5.91 Å². The molecule has 36 heavy (non-hydrogen) atoms. The van der Waals surface area contributed by atoms with Crippen LogP contribution in [0.2, 0.25) is 0 Å². The number of likely N-dealkylation sites (N-methyl/N-ethyl adjacent to an activating group) is 1. The second kappa shape index (κ2) is 12.4. The maximum absolute atomic E-state index is 13.7. The van der Waals surface area contributed by atoms with Crippen molar-refractivity contribution in [2.75, 3.05) is 13.2 Å². The van der Waals surface area contributed by atoms with Crippen molar-refractivity contribution in [3.05, 3.63) is 113 Å². The second-order valence-corrected chi connectivity index (χ2v) is 9.43. The molecular weight excluding hydrogens is 516 g/mol. The third-order valence-electron chi connectivity index (χ3n) is 5.99. The molecule has 4 aromatic carbocycles. The average Bonchev–Trinajstić information content (AvgIpc) is 2.91. The number of amides is 2. The van der Waals surface area contributed by atoms with Gasteiger partial charge in [0.1, 0.15) is 11.8 Å². The van der Waals surface area contributed by atoms with E-state index in [1.165, 1.54) is 0 Å². The van der Waals surface area contributed by atoms with Crippen LogP contribution in [0, 0.1) is 0 Å². The number of carbonyl (C=O) groups excluding carboxylic acids is 2. The molecule has 0 aromatic heterocycles. The minimum absolute atomic E-state index is 0.171. The van der Waals surface area contributed by atoms with E-state index in [-0.39, 0.29) is 18.4 Å². The number of nitrogens with zero attached hydrogens (tertiary/aromatic N) is 1. The summed E-state index contributed by atoms with van der Waals surface area (Å²) in [5.41, 5.74) is 1.91. The van der Waals surface area contributed by atoms with Crippen molar-refractivity contribution >= 4 is 38.5 Å². The Hall–Kier alpha value is -3.64. The van der Waals surface area contributed by atoms with Crippen molar-refractivity contribution in [2.45, 2.75) is 25.9 Å². The van der Waals surface area contributed by atoms with Gasteiger partial charge >= 0.3 is 0 Å². The Labute approximate surface area is 220 Å². The van der Waals surface area contributed by atoms with E-state index in [0.29, 0.717) is 25.3 Å². The van der Waals surface area contributed by atoms with E-state index >= 15 is 0 Å². The number of hydrogen-bond acceptors (Lipinski definition) is 3. The van der Waals surface area contributed by atoms with Crippen LogP contribution in [0.25, 0.3) is 10.8 Å². The number of benzene rings is 4. The van der Waals surface area contributed by atoms with E-state index in [0.717, 1.165) is 26.4 Å². The highest BCUT2D eigenvalue weighted by Gasteiger charge is 2.30. The largest absolute Gasteiger partial charge is 0.483 e. The fourth-order valence-electron chi connectivity index (χ4n) is 4.18. The van der Waals surface area contributed by atoms with Crippen molar-refractivity contribution in [1.82, 2.24) is 10.2 Å². The highest BCUT2D eigenvalue weighted by atomic mass is 79.9. The van der Waals surface area contributed by atoms with Gasteiger partial charge in [0.15, 0.2) is 6.61 Å². The number of halogens is 1. The first kappa shape index (κ1) is 25.5. The number of hydrogen-bond donors (Lipinski definition) is 1. The summed E-state index contributed by atoms with van der Waals surface area (Å²) >= 11 is 3.46. The summed E-state index contributed by atoms with van der Waals surface area (Å²) < 4.78 is 6.98. The average molecular weight is 545 g/mol. The van der Waals surface area contributed by atoms with Crippen LogP contribution in [0.3, 0.4) is 0 Å². The molecule has 0 radical (unpaired) electrons. The first-order valence-electron chi connectivity index (χ1n) is 12.0. The van der Waals surface area contributed by atoms with Crippen LogP contribution in [0.4, 0.5) is 0 Å². The van der Waals surface area contributed by atoms with E-state index in [4.69, 9.17) is 4.74 Å². The minimum Gasteiger partial charge on any atom is -0.483 e. The normalized spacial score (nSPS) is 11.6. The first-order valence-corrected chi connectivity index (χ1v) is 12.8. The standard InChI is InChI=1S/C30H29BrN2O3/c1-2-32-30(35)27(19-22-9-4-3-5-10-22)33(20-23-15-17-25(31)18-16-23)29(34)21-36-28-14-8-12-24-11-6-7-13-26(24)28/h3-18,27H,2,19-21H2,1H3,(H,32,35). The van der Waals surface area contributed by atoms with Gasteiger partial charge in [-0.05, 0) is 41.6 Å². The van der Waals surface area contributed by atoms with Crippen LogP contribution in [0.5, 0.6) is 5.75 Å². The Balaban J connectivity index is 1.62. The number of ether oxygens (including phenoxy) is 1. The van der Waals surface area contributed by atoms with Crippen LogP contribution >= 0.6 is 15.9 Å². The van der Waals surface area contributed by atoms with E-state index in [2.05, 4.69) is 21.2 Å². The Morgan fingerprint density at radius 2 is 1.56 bits per heavy atom. The molecule has 0 heterocycles. The van der Waals surface area contributed by atoms with Crippen molar-refractivity contribution in [3.63, 3.8) is 0 Å². The molecule has 0 saturated heterocycles. The summed E-state index contributed by atoms with van der Waals surface area (Å²) in [5.74, 6) is 0.206. The monoisotopic (exact) mass is 544 g/mol. The van der Waals surface area contributed by atoms with Gasteiger partial charge in [-0.15, -0.1) is 0 Å². The van der Waals surface area contributed by atoms with E-state index < -0.39 is 6.04 Å². The SMILES string of the molecule is CCNC(=O)C(Cc1ccccc1)N(Cc1ccc(Br)cc1)C(=O)COc1cccc2ccccc12. The highest BCUT2D eigenvalue weighted by molar-refractivity contribution is 9.10. The number of fused-ring (bicyclic) bond motifs is 1. The zero-order valence-corrected chi connectivity index (χ0v) is 21.8. The number of carbonyl (C=O) groups is 2. The van der Waals surface area contributed by atoms with Crippen LogP contribution in [0.1, 0.15) is 18.1 Å². The Bertz CT molecular complexity index is 1300. The molecule has 0 aliphatic carbocycles. The fourth-order valence-corrected chi connectivity index (χ4v) is 4.44. The predicted molar refractivity (Wildman–Crippen MR) is 147 cm³/mol. The van der Waals surface area contributed by atoms with Gasteiger partial charge in [-0.1, -0.05) is 94.8 Å². The summed E-state index contributed by atoms with van der Waals surface area (Å²) in [7, 11) is 0. The van der Waals surface area contributed by atoms with Crippen molar-refractivity contribution < 1.29 is 14.3 Å². The summed E-state index contributed by atoms with van der Waals surface area (Å²) in [4.78, 5) is 28.5. The lowest BCUT2D eigenvalue weighted by Gasteiger charge is -2.31. The lowest BCUT2D eigenvalue weighted by atomic mass is 10.0. The molecule has 4 rings (SSSR count).